The van der Waals surface area contributed by atoms with Crippen molar-refractivity contribution in [1.82, 2.24) is 10.3 Å². The lowest BCUT2D eigenvalue weighted by Gasteiger charge is -2.18. The first-order chi connectivity index (χ1) is 10.5. The summed E-state index contributed by atoms with van der Waals surface area (Å²) in [5, 5.41) is 3.90. The molecule has 0 fully saturated rings. The third-order valence-corrected chi connectivity index (χ3v) is 4.60. The highest BCUT2D eigenvalue weighted by molar-refractivity contribution is 7.17. The van der Waals surface area contributed by atoms with E-state index in [-0.39, 0.29) is 11.9 Å². The van der Waals surface area contributed by atoms with Gasteiger partial charge in [0.25, 0.3) is 5.91 Å². The summed E-state index contributed by atoms with van der Waals surface area (Å²) in [6, 6.07) is 9.92. The SMILES string of the molecule is Cc1nc(-c2ccccc2)sc1C(=O)NC(CN)CC(C)C. The Bertz CT molecular complexity index is 622. The quantitative estimate of drug-likeness (QED) is 0.859. The Balaban J connectivity index is 2.15. The van der Waals surface area contributed by atoms with Crippen LogP contribution >= 0.6 is 11.3 Å². The Hall–Kier alpha value is -1.72. The maximum Gasteiger partial charge on any atom is 0.263 e. The molecule has 1 aromatic heterocycles. The van der Waals surface area contributed by atoms with Gasteiger partial charge in [0, 0.05) is 18.2 Å². The number of nitrogens with one attached hydrogen (secondary N) is 1. The van der Waals surface area contributed by atoms with Crippen molar-refractivity contribution in [2.45, 2.75) is 33.2 Å². The number of aryl methyl sites for hydroxylation is 1. The number of hydrogen-bond acceptors (Lipinski definition) is 4. The molecular weight excluding hydrogens is 294 g/mol. The minimum Gasteiger partial charge on any atom is -0.347 e. The van der Waals surface area contributed by atoms with Gasteiger partial charge < -0.3 is 11.1 Å². The molecule has 118 valence electrons. The molecule has 0 bridgehead atoms. The number of hydrogen-bond donors (Lipinski definition) is 2. The van der Waals surface area contributed by atoms with E-state index in [2.05, 4.69) is 24.1 Å². The zero-order chi connectivity index (χ0) is 16.1. The first-order valence-electron chi connectivity index (χ1n) is 7.55. The van der Waals surface area contributed by atoms with Gasteiger partial charge in [-0.1, -0.05) is 44.2 Å². The predicted octanol–water partition coefficient (Wildman–Crippen LogP) is 3.22. The first kappa shape index (κ1) is 16.6. The van der Waals surface area contributed by atoms with Crippen molar-refractivity contribution >= 4 is 17.2 Å². The fraction of sp³-hybridized carbons (Fsp3) is 0.412. The minimum atomic E-state index is -0.0757. The molecule has 3 N–H and O–H groups in total. The van der Waals surface area contributed by atoms with Crippen molar-refractivity contribution in [3.63, 3.8) is 0 Å². The molecule has 1 aromatic carbocycles. The molecule has 0 aliphatic rings. The molecule has 0 radical (unpaired) electrons. The Labute approximate surface area is 135 Å². The summed E-state index contributed by atoms with van der Waals surface area (Å²) >= 11 is 1.43. The second-order valence-electron chi connectivity index (χ2n) is 5.84. The van der Waals surface area contributed by atoms with Gasteiger partial charge in [-0.3, -0.25) is 4.79 Å². The zero-order valence-corrected chi connectivity index (χ0v) is 14.1. The van der Waals surface area contributed by atoms with E-state index >= 15 is 0 Å². The summed E-state index contributed by atoms with van der Waals surface area (Å²) in [7, 11) is 0. The third-order valence-electron chi connectivity index (χ3n) is 3.40. The number of benzene rings is 1. The molecule has 0 aliphatic carbocycles. The number of nitrogens with zero attached hydrogens (tertiary/aromatic N) is 1. The van der Waals surface area contributed by atoms with Gasteiger partial charge in [0.15, 0.2) is 0 Å². The lowest BCUT2D eigenvalue weighted by atomic mass is 10.0. The Morgan fingerprint density at radius 3 is 2.59 bits per heavy atom. The van der Waals surface area contributed by atoms with Crippen molar-refractivity contribution in [1.29, 1.82) is 0 Å². The average molecular weight is 317 g/mol. The van der Waals surface area contributed by atoms with Gasteiger partial charge in [-0.25, -0.2) is 4.98 Å². The third kappa shape index (κ3) is 4.15. The van der Waals surface area contributed by atoms with Gasteiger partial charge in [-0.2, -0.15) is 0 Å². The minimum absolute atomic E-state index is 0.00850. The molecule has 1 amide bonds. The highest BCUT2D eigenvalue weighted by atomic mass is 32.1. The monoisotopic (exact) mass is 317 g/mol. The largest absolute Gasteiger partial charge is 0.347 e. The van der Waals surface area contributed by atoms with Crippen LogP contribution < -0.4 is 11.1 Å². The van der Waals surface area contributed by atoms with Gasteiger partial charge >= 0.3 is 0 Å². The normalized spacial score (nSPS) is 12.4. The van der Waals surface area contributed by atoms with Crippen LogP contribution in [-0.2, 0) is 0 Å². The smallest absolute Gasteiger partial charge is 0.263 e. The Morgan fingerprint density at radius 1 is 1.32 bits per heavy atom. The summed E-state index contributed by atoms with van der Waals surface area (Å²) in [5.41, 5.74) is 7.55. The van der Waals surface area contributed by atoms with Crippen LogP contribution in [0, 0.1) is 12.8 Å². The molecule has 4 nitrogen and oxygen atoms in total. The summed E-state index contributed by atoms with van der Waals surface area (Å²) in [6.45, 7) is 6.58. The van der Waals surface area contributed by atoms with E-state index in [1.165, 1.54) is 11.3 Å². The molecule has 2 aromatic rings. The Morgan fingerprint density at radius 2 is 2.00 bits per heavy atom. The zero-order valence-electron chi connectivity index (χ0n) is 13.3. The van der Waals surface area contributed by atoms with Crippen LogP contribution in [0.15, 0.2) is 30.3 Å². The molecule has 1 heterocycles. The molecule has 2 rings (SSSR count). The number of amides is 1. The fourth-order valence-electron chi connectivity index (χ4n) is 2.35. The van der Waals surface area contributed by atoms with Crippen molar-refractivity contribution in [3.8, 4) is 10.6 Å². The molecule has 1 unspecified atom stereocenters. The summed E-state index contributed by atoms with van der Waals surface area (Å²) in [6.07, 6.45) is 0.881. The predicted molar refractivity (Wildman–Crippen MR) is 92.1 cm³/mol. The van der Waals surface area contributed by atoms with Crippen LogP contribution in [0.5, 0.6) is 0 Å². The van der Waals surface area contributed by atoms with Gasteiger partial charge in [0.2, 0.25) is 0 Å². The van der Waals surface area contributed by atoms with Crippen LogP contribution in [-0.4, -0.2) is 23.5 Å². The molecule has 5 heteroatoms. The molecule has 0 aliphatic heterocycles. The first-order valence-corrected chi connectivity index (χ1v) is 8.36. The maximum atomic E-state index is 12.5. The lowest BCUT2D eigenvalue weighted by Crippen LogP contribution is -2.41. The van der Waals surface area contributed by atoms with E-state index < -0.39 is 0 Å². The van der Waals surface area contributed by atoms with Gasteiger partial charge in [0.1, 0.15) is 9.88 Å². The molecular formula is C17H23N3OS. The second kappa shape index (κ2) is 7.51. The summed E-state index contributed by atoms with van der Waals surface area (Å²) in [4.78, 5) is 17.7. The van der Waals surface area contributed by atoms with Crippen LogP contribution in [0.4, 0.5) is 0 Å². The number of carbonyl (C=O) groups excluding carboxylic acids is 1. The van der Waals surface area contributed by atoms with E-state index in [0.717, 1.165) is 22.7 Å². The molecule has 1 atom stereocenters. The van der Waals surface area contributed by atoms with Crippen molar-refractivity contribution in [2.24, 2.45) is 11.7 Å². The number of nitrogens with two attached hydrogens (primary N) is 1. The number of aromatic nitrogens is 1. The molecule has 0 spiro atoms. The second-order valence-corrected chi connectivity index (χ2v) is 6.83. The Kier molecular flexibility index (Phi) is 5.69. The maximum absolute atomic E-state index is 12.5. The van der Waals surface area contributed by atoms with E-state index in [0.29, 0.717) is 17.3 Å². The van der Waals surface area contributed by atoms with E-state index in [9.17, 15) is 4.79 Å². The topological polar surface area (TPSA) is 68.0 Å². The number of carbonyl (C=O) groups is 1. The van der Waals surface area contributed by atoms with Crippen LogP contribution in [0.25, 0.3) is 10.6 Å². The lowest BCUT2D eigenvalue weighted by molar-refractivity contribution is 0.0937. The summed E-state index contributed by atoms with van der Waals surface area (Å²) < 4.78 is 0. The van der Waals surface area contributed by atoms with Crippen LogP contribution in [0.2, 0.25) is 0 Å². The van der Waals surface area contributed by atoms with Crippen molar-refractivity contribution in [3.05, 3.63) is 40.9 Å². The van der Waals surface area contributed by atoms with Crippen LogP contribution in [0.1, 0.15) is 35.6 Å². The standard InChI is InChI=1S/C17H23N3OS/c1-11(2)9-14(10-18)20-16(21)15-12(3)19-17(22-15)13-7-5-4-6-8-13/h4-8,11,14H,9-10,18H2,1-3H3,(H,20,21). The van der Waals surface area contributed by atoms with E-state index in [1.54, 1.807) is 0 Å². The molecule has 0 saturated heterocycles. The van der Waals surface area contributed by atoms with Gasteiger partial charge in [-0.05, 0) is 19.3 Å². The molecule has 22 heavy (non-hydrogen) atoms. The van der Waals surface area contributed by atoms with Gasteiger partial charge in [-0.15, -0.1) is 11.3 Å². The number of thiazole rings is 1. The van der Waals surface area contributed by atoms with E-state index in [4.69, 9.17) is 5.73 Å². The van der Waals surface area contributed by atoms with Crippen molar-refractivity contribution in [2.75, 3.05) is 6.54 Å². The molecule has 0 saturated carbocycles. The summed E-state index contributed by atoms with van der Waals surface area (Å²) in [5.74, 6) is 0.421. The number of rotatable bonds is 6. The van der Waals surface area contributed by atoms with Crippen molar-refractivity contribution < 1.29 is 4.79 Å². The van der Waals surface area contributed by atoms with Crippen LogP contribution in [0.3, 0.4) is 0 Å². The average Bonchev–Trinajstić information content (AvgIpc) is 2.89. The highest BCUT2D eigenvalue weighted by Crippen LogP contribution is 2.27. The fourth-order valence-corrected chi connectivity index (χ4v) is 3.32. The van der Waals surface area contributed by atoms with E-state index in [1.807, 2.05) is 37.3 Å². The van der Waals surface area contributed by atoms with Gasteiger partial charge in [0.05, 0.1) is 5.69 Å². The highest BCUT2D eigenvalue weighted by Gasteiger charge is 2.19.